The number of benzene rings is 2. The van der Waals surface area contributed by atoms with E-state index in [0.29, 0.717) is 11.4 Å². The molecule has 0 spiro atoms. The van der Waals surface area contributed by atoms with Crippen molar-refractivity contribution in [1.82, 2.24) is 25.5 Å². The van der Waals surface area contributed by atoms with E-state index in [1.54, 1.807) is 17.8 Å². The summed E-state index contributed by atoms with van der Waals surface area (Å²) in [7, 11) is 1.72. The Kier molecular flexibility index (Phi) is 4.83. The predicted molar refractivity (Wildman–Crippen MR) is 111 cm³/mol. The Balaban J connectivity index is 1.67. The first-order chi connectivity index (χ1) is 14.4. The number of amides is 4. The molecule has 0 aliphatic carbocycles. The van der Waals surface area contributed by atoms with E-state index in [0.717, 1.165) is 16.7 Å². The number of nitrogens with zero attached hydrogens (tertiary/aromatic N) is 2. The summed E-state index contributed by atoms with van der Waals surface area (Å²) in [6.45, 7) is 1.72. The van der Waals surface area contributed by atoms with E-state index in [1.165, 1.54) is 6.20 Å². The first kappa shape index (κ1) is 19.4. The normalized spacial score (nSPS) is 18.1. The second-order valence-corrected chi connectivity index (χ2v) is 7.22. The standard InChI is InChI=1S/C22H21N5O3/c1-14-7-6-10-16(15-8-4-3-5-9-15)17(14)18(28)24-13-22(19-23-11-12-27(19)2)20(29)25-21(30)26-22/h3-12H,13H2,1-2H3,(H,24,28)(H2,25,26,29,30). The van der Waals surface area contributed by atoms with Crippen molar-refractivity contribution in [2.45, 2.75) is 12.5 Å². The van der Waals surface area contributed by atoms with E-state index in [2.05, 4.69) is 20.9 Å². The summed E-state index contributed by atoms with van der Waals surface area (Å²) >= 11 is 0. The molecule has 1 saturated heterocycles. The summed E-state index contributed by atoms with van der Waals surface area (Å²) < 4.78 is 1.64. The van der Waals surface area contributed by atoms with Crippen molar-refractivity contribution in [3.8, 4) is 11.1 Å². The van der Waals surface area contributed by atoms with Crippen LogP contribution in [0.4, 0.5) is 4.79 Å². The fourth-order valence-electron chi connectivity index (χ4n) is 3.76. The number of aromatic nitrogens is 2. The topological polar surface area (TPSA) is 105 Å². The Bertz CT molecular complexity index is 1140. The van der Waals surface area contributed by atoms with Crippen LogP contribution in [0.5, 0.6) is 0 Å². The number of hydrogen-bond donors (Lipinski definition) is 3. The monoisotopic (exact) mass is 403 g/mol. The number of imide groups is 1. The van der Waals surface area contributed by atoms with Gasteiger partial charge in [-0.3, -0.25) is 14.9 Å². The maximum atomic E-state index is 13.2. The van der Waals surface area contributed by atoms with Gasteiger partial charge >= 0.3 is 6.03 Å². The van der Waals surface area contributed by atoms with E-state index in [-0.39, 0.29) is 12.5 Å². The second kappa shape index (κ2) is 7.47. The number of carbonyl (C=O) groups is 3. The van der Waals surface area contributed by atoms with Gasteiger partial charge in [-0.15, -0.1) is 0 Å². The van der Waals surface area contributed by atoms with Crippen LogP contribution in [0.3, 0.4) is 0 Å². The number of nitrogens with one attached hydrogen (secondary N) is 3. The molecule has 8 nitrogen and oxygen atoms in total. The van der Waals surface area contributed by atoms with Crippen molar-refractivity contribution in [3.05, 3.63) is 77.9 Å². The van der Waals surface area contributed by atoms with E-state index < -0.39 is 17.5 Å². The average molecular weight is 403 g/mol. The lowest BCUT2D eigenvalue weighted by atomic mass is 9.94. The third-order valence-corrected chi connectivity index (χ3v) is 5.24. The molecule has 1 atom stereocenters. The Morgan fingerprint density at radius 2 is 1.90 bits per heavy atom. The van der Waals surface area contributed by atoms with Gasteiger partial charge in [0.2, 0.25) is 0 Å². The van der Waals surface area contributed by atoms with Crippen LogP contribution < -0.4 is 16.0 Å². The number of rotatable bonds is 5. The molecule has 0 radical (unpaired) electrons. The molecule has 1 unspecified atom stereocenters. The Morgan fingerprint density at radius 3 is 2.53 bits per heavy atom. The quantitative estimate of drug-likeness (QED) is 0.566. The number of aryl methyl sites for hydroxylation is 2. The van der Waals surface area contributed by atoms with Gasteiger partial charge < -0.3 is 15.2 Å². The van der Waals surface area contributed by atoms with E-state index in [1.807, 2.05) is 55.5 Å². The summed E-state index contributed by atoms with van der Waals surface area (Å²) in [5, 5.41) is 7.70. The van der Waals surface area contributed by atoms with Gasteiger partial charge in [-0.05, 0) is 23.6 Å². The zero-order chi connectivity index (χ0) is 21.3. The van der Waals surface area contributed by atoms with Gasteiger partial charge in [-0.2, -0.15) is 0 Å². The lowest BCUT2D eigenvalue weighted by Gasteiger charge is -2.26. The summed E-state index contributed by atoms with van der Waals surface area (Å²) in [5.41, 5.74) is 1.54. The third-order valence-electron chi connectivity index (χ3n) is 5.24. The van der Waals surface area contributed by atoms with Crippen molar-refractivity contribution in [2.75, 3.05) is 6.54 Å². The van der Waals surface area contributed by atoms with Gasteiger partial charge in [0.25, 0.3) is 11.8 Å². The van der Waals surface area contributed by atoms with Crippen LogP contribution >= 0.6 is 0 Å². The van der Waals surface area contributed by atoms with Gasteiger partial charge in [0.1, 0.15) is 5.82 Å². The number of hydrogen-bond acceptors (Lipinski definition) is 4. The molecule has 2 heterocycles. The molecule has 0 saturated carbocycles. The molecule has 3 N–H and O–H groups in total. The predicted octanol–water partition coefficient (Wildman–Crippen LogP) is 1.86. The van der Waals surface area contributed by atoms with E-state index in [9.17, 15) is 14.4 Å². The molecule has 2 aromatic carbocycles. The first-order valence-electron chi connectivity index (χ1n) is 9.47. The number of urea groups is 1. The van der Waals surface area contributed by atoms with Crippen molar-refractivity contribution in [2.24, 2.45) is 7.05 Å². The molecule has 1 aliphatic rings. The van der Waals surface area contributed by atoms with E-state index >= 15 is 0 Å². The molecule has 0 bridgehead atoms. The molecule has 152 valence electrons. The molecule has 30 heavy (non-hydrogen) atoms. The molecule has 4 rings (SSSR count). The number of imidazole rings is 1. The lowest BCUT2D eigenvalue weighted by molar-refractivity contribution is -0.124. The molecular weight excluding hydrogens is 382 g/mol. The zero-order valence-corrected chi connectivity index (χ0v) is 16.6. The van der Waals surface area contributed by atoms with Crippen LogP contribution in [0, 0.1) is 6.92 Å². The maximum absolute atomic E-state index is 13.2. The van der Waals surface area contributed by atoms with Crippen molar-refractivity contribution in [3.63, 3.8) is 0 Å². The highest BCUT2D eigenvalue weighted by molar-refractivity contribution is 6.08. The van der Waals surface area contributed by atoms with Gasteiger partial charge in [-0.1, -0.05) is 48.5 Å². The highest BCUT2D eigenvalue weighted by Gasteiger charge is 2.50. The molecule has 1 fully saturated rings. The van der Waals surface area contributed by atoms with Crippen molar-refractivity contribution < 1.29 is 14.4 Å². The highest BCUT2D eigenvalue weighted by Crippen LogP contribution is 2.27. The molecule has 4 amide bonds. The van der Waals surface area contributed by atoms with Crippen molar-refractivity contribution in [1.29, 1.82) is 0 Å². The molecule has 8 heteroatoms. The van der Waals surface area contributed by atoms with Crippen LogP contribution in [0.25, 0.3) is 11.1 Å². The Morgan fingerprint density at radius 1 is 1.13 bits per heavy atom. The third kappa shape index (κ3) is 3.22. The summed E-state index contributed by atoms with van der Waals surface area (Å²) in [5.74, 6) is -0.566. The highest BCUT2D eigenvalue weighted by atomic mass is 16.2. The van der Waals surface area contributed by atoms with Gasteiger partial charge in [0, 0.05) is 19.4 Å². The zero-order valence-electron chi connectivity index (χ0n) is 16.6. The Labute approximate surface area is 173 Å². The minimum Gasteiger partial charge on any atom is -0.349 e. The summed E-state index contributed by atoms with van der Waals surface area (Å²) in [6, 6.07) is 14.6. The van der Waals surface area contributed by atoms with Gasteiger partial charge in [-0.25, -0.2) is 9.78 Å². The van der Waals surface area contributed by atoms with Crippen LogP contribution in [-0.4, -0.2) is 33.9 Å². The minimum atomic E-state index is -1.49. The van der Waals surface area contributed by atoms with E-state index in [4.69, 9.17) is 0 Å². The van der Waals surface area contributed by atoms with Crippen molar-refractivity contribution >= 4 is 17.8 Å². The fraction of sp³-hybridized carbons (Fsp3) is 0.182. The molecule has 1 aromatic heterocycles. The van der Waals surface area contributed by atoms with Crippen LogP contribution in [0.15, 0.2) is 60.9 Å². The summed E-state index contributed by atoms with van der Waals surface area (Å²) in [4.78, 5) is 42.0. The molecule has 1 aliphatic heterocycles. The smallest absolute Gasteiger partial charge is 0.322 e. The summed E-state index contributed by atoms with van der Waals surface area (Å²) in [6.07, 6.45) is 3.21. The Hall–Kier alpha value is -3.94. The van der Waals surface area contributed by atoms with Gasteiger partial charge in [0.15, 0.2) is 5.54 Å². The van der Waals surface area contributed by atoms with Crippen LogP contribution in [-0.2, 0) is 17.4 Å². The maximum Gasteiger partial charge on any atom is 0.322 e. The van der Waals surface area contributed by atoms with Crippen LogP contribution in [0.2, 0.25) is 0 Å². The molecule has 3 aromatic rings. The van der Waals surface area contributed by atoms with Crippen LogP contribution in [0.1, 0.15) is 21.7 Å². The fourth-order valence-corrected chi connectivity index (χ4v) is 3.76. The SMILES string of the molecule is Cc1cccc(-c2ccccc2)c1C(=O)NCC1(c2nccn2C)NC(=O)NC1=O. The first-order valence-corrected chi connectivity index (χ1v) is 9.47. The lowest BCUT2D eigenvalue weighted by Crippen LogP contribution is -2.54. The minimum absolute atomic E-state index is 0.142. The average Bonchev–Trinajstić information content (AvgIpc) is 3.29. The second-order valence-electron chi connectivity index (χ2n) is 7.22. The number of carbonyl (C=O) groups excluding carboxylic acids is 3. The van der Waals surface area contributed by atoms with Gasteiger partial charge in [0.05, 0.1) is 12.1 Å². The molecular formula is C22H21N5O3. The largest absolute Gasteiger partial charge is 0.349 e.